The molecule has 4 atom stereocenters. The normalized spacial score (nSPS) is 33.5. The molecule has 0 aromatic heterocycles. The van der Waals surface area contributed by atoms with Crippen LogP contribution in [-0.4, -0.2) is 67.1 Å². The van der Waals surface area contributed by atoms with Crippen molar-refractivity contribution in [3.05, 3.63) is 11.6 Å². The van der Waals surface area contributed by atoms with Crippen LogP contribution < -0.4 is 0 Å². The summed E-state index contributed by atoms with van der Waals surface area (Å²) in [5.74, 6) is -1.73. The summed E-state index contributed by atoms with van der Waals surface area (Å²) in [6.07, 6.45) is -0.0473. The molecule has 0 bridgehead atoms. The summed E-state index contributed by atoms with van der Waals surface area (Å²) in [5, 5.41) is 10.8. The summed E-state index contributed by atoms with van der Waals surface area (Å²) in [5.41, 5.74) is -0.166. The van der Waals surface area contributed by atoms with Crippen LogP contribution in [0.5, 0.6) is 0 Å². The van der Waals surface area contributed by atoms with Crippen LogP contribution in [0.1, 0.15) is 40.5 Å². The molecule has 0 radical (unpaired) electrons. The van der Waals surface area contributed by atoms with Crippen LogP contribution in [0.3, 0.4) is 0 Å². The van der Waals surface area contributed by atoms with E-state index in [1.165, 1.54) is 20.1 Å². The van der Waals surface area contributed by atoms with Crippen molar-refractivity contribution in [3.63, 3.8) is 0 Å². The van der Waals surface area contributed by atoms with Gasteiger partial charge in [-0.25, -0.2) is 4.79 Å². The fourth-order valence-electron chi connectivity index (χ4n) is 3.47. The molecular weight excluding hydrogens is 344 g/mol. The molecule has 2 heterocycles. The molecule has 2 fully saturated rings. The highest BCUT2D eigenvalue weighted by Gasteiger charge is 2.60. The van der Waals surface area contributed by atoms with Gasteiger partial charge in [-0.15, -0.1) is 0 Å². The van der Waals surface area contributed by atoms with Crippen molar-refractivity contribution in [1.29, 1.82) is 0 Å². The van der Waals surface area contributed by atoms with Gasteiger partial charge in [-0.2, -0.15) is 0 Å². The van der Waals surface area contributed by atoms with E-state index in [9.17, 15) is 14.7 Å². The van der Waals surface area contributed by atoms with Gasteiger partial charge in [-0.3, -0.25) is 4.79 Å². The lowest BCUT2D eigenvalue weighted by Crippen LogP contribution is -2.60. The number of esters is 2. The second kappa shape index (κ2) is 8.04. The van der Waals surface area contributed by atoms with Gasteiger partial charge in [0.15, 0.2) is 5.79 Å². The lowest BCUT2D eigenvalue weighted by Gasteiger charge is -2.43. The maximum Gasteiger partial charge on any atom is 0.330 e. The van der Waals surface area contributed by atoms with Gasteiger partial charge < -0.3 is 28.8 Å². The van der Waals surface area contributed by atoms with Gasteiger partial charge in [-0.05, 0) is 27.2 Å². The molecule has 1 N–H and O–H groups in total. The number of ether oxygens (including phenoxy) is 5. The number of carbonyl (C=O) groups is 2. The number of rotatable bonds is 6. The molecule has 0 aliphatic carbocycles. The number of fused-ring (bicyclic) bond motifs is 1. The van der Waals surface area contributed by atoms with Gasteiger partial charge in [0, 0.05) is 19.4 Å². The minimum absolute atomic E-state index is 0.146. The maximum atomic E-state index is 11.3. The van der Waals surface area contributed by atoms with Crippen LogP contribution in [0.25, 0.3) is 0 Å². The number of hydrogen-bond donors (Lipinski definition) is 1. The zero-order chi connectivity index (χ0) is 19.5. The summed E-state index contributed by atoms with van der Waals surface area (Å²) in [6, 6.07) is 0. The van der Waals surface area contributed by atoms with E-state index in [2.05, 4.69) is 4.74 Å². The van der Waals surface area contributed by atoms with E-state index in [0.717, 1.165) is 5.57 Å². The Labute approximate surface area is 153 Å². The highest BCUT2D eigenvalue weighted by atomic mass is 16.8. The molecule has 0 aromatic rings. The van der Waals surface area contributed by atoms with E-state index in [4.69, 9.17) is 18.9 Å². The molecule has 2 saturated heterocycles. The predicted molar refractivity (Wildman–Crippen MR) is 90.2 cm³/mol. The summed E-state index contributed by atoms with van der Waals surface area (Å²) >= 11 is 0. The van der Waals surface area contributed by atoms with Crippen LogP contribution >= 0.6 is 0 Å². The highest BCUT2D eigenvalue weighted by molar-refractivity contribution is 5.82. The molecule has 2 rings (SSSR count). The molecule has 8 nitrogen and oxygen atoms in total. The van der Waals surface area contributed by atoms with Gasteiger partial charge in [0.1, 0.15) is 17.8 Å². The second-order valence-electron chi connectivity index (χ2n) is 7.25. The fraction of sp³-hybridized carbons (Fsp3) is 0.778. The number of aliphatic hydroxyl groups excluding tert-OH is 1. The molecule has 8 heteroatoms. The standard InChI is InChI=1S/C18H28O8/c1-11(9-14(20)22-5)8-13-15(21)16-18(10-24-13,6-7-23-12(2)19)26-17(3,4)25-16/h9,13,15-16,21H,6-8,10H2,1-5H3/b11-9+/t13-,15-,16-,18-/m0/s1. The Morgan fingerprint density at radius 1 is 1.31 bits per heavy atom. The first-order chi connectivity index (χ1) is 12.1. The third-order valence-corrected chi connectivity index (χ3v) is 4.53. The van der Waals surface area contributed by atoms with E-state index in [1.807, 2.05) is 0 Å². The third kappa shape index (κ3) is 4.82. The quantitative estimate of drug-likeness (QED) is 0.546. The van der Waals surface area contributed by atoms with Crippen molar-refractivity contribution in [3.8, 4) is 0 Å². The molecule has 2 aliphatic rings. The Morgan fingerprint density at radius 2 is 2.00 bits per heavy atom. The maximum absolute atomic E-state index is 11.3. The Morgan fingerprint density at radius 3 is 2.62 bits per heavy atom. The van der Waals surface area contributed by atoms with E-state index in [-0.39, 0.29) is 19.2 Å². The average Bonchev–Trinajstić information content (AvgIpc) is 2.81. The zero-order valence-corrected chi connectivity index (χ0v) is 15.9. The molecule has 0 spiro atoms. The molecule has 2 aliphatic heterocycles. The Hall–Kier alpha value is -1.48. The molecular formula is C18H28O8. The van der Waals surface area contributed by atoms with Crippen molar-refractivity contribution in [2.24, 2.45) is 0 Å². The number of aliphatic hydroxyl groups is 1. The van der Waals surface area contributed by atoms with Crippen molar-refractivity contribution >= 4 is 11.9 Å². The molecule has 148 valence electrons. The van der Waals surface area contributed by atoms with Gasteiger partial charge in [0.05, 0.1) is 26.4 Å². The van der Waals surface area contributed by atoms with Crippen LogP contribution in [-0.2, 0) is 33.3 Å². The van der Waals surface area contributed by atoms with E-state index in [0.29, 0.717) is 12.8 Å². The largest absolute Gasteiger partial charge is 0.466 e. The summed E-state index contributed by atoms with van der Waals surface area (Å²) < 4.78 is 27.5. The van der Waals surface area contributed by atoms with Gasteiger partial charge in [0.2, 0.25) is 0 Å². The van der Waals surface area contributed by atoms with Crippen molar-refractivity contribution in [2.45, 2.75) is 70.2 Å². The number of carbonyl (C=O) groups excluding carboxylic acids is 2. The molecule has 0 unspecified atom stereocenters. The van der Waals surface area contributed by atoms with Crippen LogP contribution in [0.2, 0.25) is 0 Å². The van der Waals surface area contributed by atoms with Crippen LogP contribution in [0, 0.1) is 0 Å². The lowest BCUT2D eigenvalue weighted by molar-refractivity contribution is -0.199. The highest BCUT2D eigenvalue weighted by Crippen LogP contribution is 2.44. The summed E-state index contributed by atoms with van der Waals surface area (Å²) in [6.45, 7) is 6.98. The smallest absolute Gasteiger partial charge is 0.330 e. The van der Waals surface area contributed by atoms with Crippen LogP contribution in [0.4, 0.5) is 0 Å². The molecule has 26 heavy (non-hydrogen) atoms. The monoisotopic (exact) mass is 372 g/mol. The Bertz CT molecular complexity index is 570. The zero-order valence-electron chi connectivity index (χ0n) is 15.9. The predicted octanol–water partition coefficient (Wildman–Crippen LogP) is 1.10. The summed E-state index contributed by atoms with van der Waals surface area (Å²) in [7, 11) is 1.31. The molecule has 0 aromatic carbocycles. The van der Waals surface area contributed by atoms with E-state index < -0.39 is 35.7 Å². The Balaban J connectivity index is 2.10. The molecule has 0 amide bonds. The van der Waals surface area contributed by atoms with Gasteiger partial charge >= 0.3 is 11.9 Å². The Kier molecular flexibility index (Phi) is 6.44. The lowest BCUT2D eigenvalue weighted by atomic mass is 9.84. The van der Waals surface area contributed by atoms with Gasteiger partial charge in [0.25, 0.3) is 0 Å². The van der Waals surface area contributed by atoms with Crippen molar-refractivity contribution < 1.29 is 38.4 Å². The minimum Gasteiger partial charge on any atom is -0.466 e. The SMILES string of the molecule is COC(=O)/C=C(\C)C[C@@H]1OC[C@]2(CCOC(C)=O)OC(C)(C)O[C@H]2[C@H]1O. The molecule has 0 saturated carbocycles. The second-order valence-corrected chi connectivity index (χ2v) is 7.25. The fourth-order valence-corrected chi connectivity index (χ4v) is 3.47. The summed E-state index contributed by atoms with van der Waals surface area (Å²) in [4.78, 5) is 22.4. The number of methoxy groups -OCH3 is 1. The first-order valence-corrected chi connectivity index (χ1v) is 8.65. The van der Waals surface area contributed by atoms with Crippen molar-refractivity contribution in [1.82, 2.24) is 0 Å². The minimum atomic E-state index is -0.955. The topological polar surface area (TPSA) is 101 Å². The van der Waals surface area contributed by atoms with E-state index >= 15 is 0 Å². The van der Waals surface area contributed by atoms with Crippen LogP contribution in [0.15, 0.2) is 11.6 Å². The van der Waals surface area contributed by atoms with Gasteiger partial charge in [-0.1, -0.05) is 5.57 Å². The van der Waals surface area contributed by atoms with Crippen molar-refractivity contribution in [2.75, 3.05) is 20.3 Å². The number of hydrogen-bond acceptors (Lipinski definition) is 8. The van der Waals surface area contributed by atoms with E-state index in [1.54, 1.807) is 20.8 Å². The third-order valence-electron chi connectivity index (χ3n) is 4.53. The first-order valence-electron chi connectivity index (χ1n) is 8.65. The first kappa shape index (κ1) is 20.8. The average molecular weight is 372 g/mol.